The van der Waals surface area contributed by atoms with Crippen molar-refractivity contribution in [1.29, 1.82) is 0 Å². The first-order chi connectivity index (χ1) is 6.74. The van der Waals surface area contributed by atoms with Gasteiger partial charge in [0, 0.05) is 12.0 Å². The van der Waals surface area contributed by atoms with Crippen LogP contribution in [0.5, 0.6) is 0 Å². The van der Waals surface area contributed by atoms with Gasteiger partial charge in [-0.3, -0.25) is 0 Å². The van der Waals surface area contributed by atoms with Crippen molar-refractivity contribution < 1.29 is 4.39 Å². The monoisotopic (exact) mass is 191 g/mol. The quantitative estimate of drug-likeness (QED) is 0.563. The minimum absolute atomic E-state index is 0.198. The predicted octanol–water partition coefficient (Wildman–Crippen LogP) is 2.22. The Kier molecular flexibility index (Phi) is 4.15. The number of hydrogen-bond acceptors (Lipinski definition) is 1. The summed E-state index contributed by atoms with van der Waals surface area (Å²) in [6.07, 6.45) is 1.66. The lowest BCUT2D eigenvalue weighted by Crippen LogP contribution is -1.96. The van der Waals surface area contributed by atoms with Gasteiger partial charge in [0.1, 0.15) is 5.82 Å². The van der Waals surface area contributed by atoms with Crippen molar-refractivity contribution in [2.45, 2.75) is 19.8 Å². The van der Waals surface area contributed by atoms with E-state index in [0.717, 1.165) is 18.4 Å². The molecule has 2 N–H and O–H groups in total. The van der Waals surface area contributed by atoms with Crippen molar-refractivity contribution in [2.24, 2.45) is 5.73 Å². The van der Waals surface area contributed by atoms with Gasteiger partial charge < -0.3 is 5.73 Å². The average Bonchev–Trinajstić information content (AvgIpc) is 2.18. The molecule has 0 aliphatic rings. The molecular weight excluding hydrogens is 177 g/mol. The normalized spacial score (nSPS) is 9.36. The first-order valence-corrected chi connectivity index (χ1v) is 4.69. The lowest BCUT2D eigenvalue weighted by atomic mass is 10.1. The summed E-state index contributed by atoms with van der Waals surface area (Å²) in [4.78, 5) is 0. The summed E-state index contributed by atoms with van der Waals surface area (Å²) >= 11 is 0. The summed E-state index contributed by atoms with van der Waals surface area (Å²) in [5.74, 6) is 5.66. The molecule has 0 aromatic heterocycles. The molecule has 1 nitrogen and oxygen atoms in total. The highest BCUT2D eigenvalue weighted by Gasteiger charge is 1.95. The molecular formula is C12H14FN. The average molecular weight is 191 g/mol. The zero-order chi connectivity index (χ0) is 10.4. The second-order valence-electron chi connectivity index (χ2n) is 3.16. The van der Waals surface area contributed by atoms with Crippen LogP contribution < -0.4 is 5.73 Å². The fourth-order valence-corrected chi connectivity index (χ4v) is 1.03. The lowest BCUT2D eigenvalue weighted by Gasteiger charge is -1.95. The van der Waals surface area contributed by atoms with Gasteiger partial charge in [0.2, 0.25) is 0 Å². The summed E-state index contributed by atoms with van der Waals surface area (Å²) in [5.41, 5.74) is 6.70. The van der Waals surface area contributed by atoms with Crippen LogP contribution in [0.2, 0.25) is 0 Å². The first kappa shape index (κ1) is 10.7. The fraction of sp³-hybridized carbons (Fsp3) is 0.333. The molecule has 0 amide bonds. The number of rotatable bonds is 2. The van der Waals surface area contributed by atoms with E-state index < -0.39 is 0 Å². The molecule has 0 saturated carbocycles. The molecule has 0 bridgehead atoms. The Hall–Kier alpha value is -1.33. The highest BCUT2D eigenvalue weighted by Crippen LogP contribution is 2.07. The summed E-state index contributed by atoms with van der Waals surface area (Å²) in [6.45, 7) is 2.39. The SMILES string of the molecule is Cc1ccc(C#CCCCN)cc1F. The van der Waals surface area contributed by atoms with Crippen molar-refractivity contribution in [3.63, 3.8) is 0 Å². The van der Waals surface area contributed by atoms with Crippen LogP contribution in [0.3, 0.4) is 0 Å². The summed E-state index contributed by atoms with van der Waals surface area (Å²) in [5, 5.41) is 0. The van der Waals surface area contributed by atoms with Crippen LogP contribution in [0.25, 0.3) is 0 Å². The van der Waals surface area contributed by atoms with E-state index >= 15 is 0 Å². The van der Waals surface area contributed by atoms with Crippen LogP contribution in [-0.4, -0.2) is 6.54 Å². The molecule has 0 aliphatic carbocycles. The molecule has 1 aromatic rings. The molecule has 1 aromatic carbocycles. The Morgan fingerprint density at radius 1 is 1.43 bits per heavy atom. The molecule has 0 saturated heterocycles. The van der Waals surface area contributed by atoms with Crippen molar-refractivity contribution in [3.05, 3.63) is 35.1 Å². The molecule has 0 radical (unpaired) electrons. The highest BCUT2D eigenvalue weighted by molar-refractivity contribution is 5.36. The third-order valence-electron chi connectivity index (χ3n) is 1.91. The predicted molar refractivity (Wildman–Crippen MR) is 56.3 cm³/mol. The molecule has 0 spiro atoms. The minimum atomic E-state index is -0.198. The highest BCUT2D eigenvalue weighted by atomic mass is 19.1. The van der Waals surface area contributed by atoms with Crippen LogP contribution >= 0.6 is 0 Å². The molecule has 0 unspecified atom stereocenters. The van der Waals surface area contributed by atoms with Crippen molar-refractivity contribution >= 4 is 0 Å². The summed E-state index contributed by atoms with van der Waals surface area (Å²) in [6, 6.07) is 5.03. The van der Waals surface area contributed by atoms with E-state index in [1.165, 1.54) is 6.07 Å². The number of benzene rings is 1. The van der Waals surface area contributed by atoms with E-state index in [9.17, 15) is 4.39 Å². The fourth-order valence-electron chi connectivity index (χ4n) is 1.03. The Morgan fingerprint density at radius 2 is 2.21 bits per heavy atom. The third-order valence-corrected chi connectivity index (χ3v) is 1.91. The van der Waals surface area contributed by atoms with Crippen molar-refractivity contribution in [1.82, 2.24) is 0 Å². The van der Waals surface area contributed by atoms with Crippen molar-refractivity contribution in [2.75, 3.05) is 6.54 Å². The number of aryl methyl sites for hydroxylation is 1. The van der Waals surface area contributed by atoms with Crippen LogP contribution in [0.4, 0.5) is 4.39 Å². The number of nitrogens with two attached hydrogens (primary N) is 1. The minimum Gasteiger partial charge on any atom is -0.330 e. The van der Waals surface area contributed by atoms with Crippen LogP contribution in [0.15, 0.2) is 18.2 Å². The molecule has 0 fully saturated rings. The van der Waals surface area contributed by atoms with Gasteiger partial charge in [-0.2, -0.15) is 0 Å². The summed E-state index contributed by atoms with van der Waals surface area (Å²) < 4.78 is 13.1. The first-order valence-electron chi connectivity index (χ1n) is 4.69. The Morgan fingerprint density at radius 3 is 2.86 bits per heavy atom. The van der Waals surface area contributed by atoms with Gasteiger partial charge in [-0.25, -0.2) is 4.39 Å². The second kappa shape index (κ2) is 5.41. The van der Waals surface area contributed by atoms with Gasteiger partial charge >= 0.3 is 0 Å². The van der Waals surface area contributed by atoms with Gasteiger partial charge in [0.05, 0.1) is 0 Å². The number of hydrogen-bond donors (Lipinski definition) is 1. The molecule has 0 heterocycles. The van der Waals surface area contributed by atoms with Gasteiger partial charge in [0.25, 0.3) is 0 Å². The maximum absolute atomic E-state index is 13.1. The zero-order valence-corrected chi connectivity index (χ0v) is 8.31. The van der Waals surface area contributed by atoms with Crippen LogP contribution in [0, 0.1) is 24.6 Å². The molecule has 0 aliphatic heterocycles. The van der Waals surface area contributed by atoms with Gasteiger partial charge in [0.15, 0.2) is 0 Å². The zero-order valence-electron chi connectivity index (χ0n) is 8.31. The number of halogens is 1. The van der Waals surface area contributed by atoms with Crippen LogP contribution in [-0.2, 0) is 0 Å². The summed E-state index contributed by atoms with van der Waals surface area (Å²) in [7, 11) is 0. The van der Waals surface area contributed by atoms with E-state index in [0.29, 0.717) is 12.1 Å². The van der Waals surface area contributed by atoms with Gasteiger partial charge in [-0.15, -0.1) is 0 Å². The van der Waals surface area contributed by atoms with E-state index in [-0.39, 0.29) is 5.82 Å². The molecule has 1 rings (SSSR count). The maximum atomic E-state index is 13.1. The Bertz CT molecular complexity index is 360. The van der Waals surface area contributed by atoms with E-state index in [2.05, 4.69) is 11.8 Å². The molecule has 0 atom stereocenters. The van der Waals surface area contributed by atoms with Crippen molar-refractivity contribution in [3.8, 4) is 11.8 Å². The largest absolute Gasteiger partial charge is 0.330 e. The molecule has 2 heteroatoms. The maximum Gasteiger partial charge on any atom is 0.127 e. The molecule has 74 valence electrons. The standard InChI is InChI=1S/C12H14FN/c1-10-6-7-11(9-12(10)13)5-3-2-4-8-14/h6-7,9H,2,4,8,14H2,1H3. The molecule has 14 heavy (non-hydrogen) atoms. The van der Waals surface area contributed by atoms with Crippen LogP contribution in [0.1, 0.15) is 24.0 Å². The number of unbranched alkanes of at least 4 members (excludes halogenated alkanes) is 1. The van der Waals surface area contributed by atoms with Gasteiger partial charge in [-0.1, -0.05) is 17.9 Å². The van der Waals surface area contributed by atoms with E-state index in [4.69, 9.17) is 5.73 Å². The van der Waals surface area contributed by atoms with Gasteiger partial charge in [-0.05, 0) is 37.6 Å². The third kappa shape index (κ3) is 3.20. The second-order valence-corrected chi connectivity index (χ2v) is 3.16. The Labute approximate surface area is 84.1 Å². The van der Waals surface area contributed by atoms with E-state index in [1.807, 2.05) is 6.07 Å². The Balaban J connectivity index is 2.66. The van der Waals surface area contributed by atoms with E-state index in [1.54, 1.807) is 13.0 Å². The topological polar surface area (TPSA) is 26.0 Å². The lowest BCUT2D eigenvalue weighted by molar-refractivity contribution is 0.618. The smallest absolute Gasteiger partial charge is 0.127 e.